The Labute approximate surface area is 175 Å². The fourth-order valence-electron chi connectivity index (χ4n) is 3.99. The predicted octanol–water partition coefficient (Wildman–Crippen LogP) is 1.78. The SMILES string of the molecule is CCNC(=NCCN1C(=O)c2ccccc2C1=O)NC1CC2CCC1O2.I. The average molecular weight is 484 g/mol. The number of imide groups is 1. The van der Waals surface area contributed by atoms with Crippen LogP contribution in [-0.2, 0) is 4.74 Å². The highest BCUT2D eigenvalue weighted by molar-refractivity contribution is 14.0. The van der Waals surface area contributed by atoms with Crippen LogP contribution in [0.1, 0.15) is 46.9 Å². The summed E-state index contributed by atoms with van der Waals surface area (Å²) in [5.41, 5.74) is 0.955. The van der Waals surface area contributed by atoms with E-state index in [9.17, 15) is 9.59 Å². The maximum atomic E-state index is 12.4. The molecule has 1 aromatic carbocycles. The molecule has 4 rings (SSSR count). The number of fused-ring (bicyclic) bond motifs is 3. The van der Waals surface area contributed by atoms with Crippen molar-refractivity contribution >= 4 is 41.8 Å². The van der Waals surface area contributed by atoms with Crippen LogP contribution >= 0.6 is 24.0 Å². The quantitative estimate of drug-likeness (QED) is 0.288. The zero-order valence-corrected chi connectivity index (χ0v) is 17.6. The van der Waals surface area contributed by atoms with Crippen molar-refractivity contribution in [2.75, 3.05) is 19.6 Å². The van der Waals surface area contributed by atoms with Crippen LogP contribution in [0.2, 0.25) is 0 Å². The minimum atomic E-state index is -0.236. The van der Waals surface area contributed by atoms with Gasteiger partial charge in [0, 0.05) is 13.1 Å². The van der Waals surface area contributed by atoms with Crippen molar-refractivity contribution in [2.45, 2.75) is 44.4 Å². The molecule has 7 nitrogen and oxygen atoms in total. The summed E-state index contributed by atoms with van der Waals surface area (Å²) >= 11 is 0. The summed E-state index contributed by atoms with van der Waals surface area (Å²) < 4.78 is 5.87. The first kappa shape index (κ1) is 20.1. The molecule has 3 heterocycles. The van der Waals surface area contributed by atoms with Gasteiger partial charge in [0.2, 0.25) is 0 Å². The van der Waals surface area contributed by atoms with E-state index in [2.05, 4.69) is 15.6 Å². The monoisotopic (exact) mass is 484 g/mol. The second-order valence-corrected chi connectivity index (χ2v) is 6.93. The van der Waals surface area contributed by atoms with Gasteiger partial charge in [-0.05, 0) is 38.3 Å². The van der Waals surface area contributed by atoms with E-state index in [0.29, 0.717) is 29.7 Å². The number of hydrogen-bond acceptors (Lipinski definition) is 4. The molecule has 0 aromatic heterocycles. The third-order valence-electron chi connectivity index (χ3n) is 5.24. The molecule has 3 unspecified atom stereocenters. The molecule has 0 spiro atoms. The number of rotatable bonds is 5. The van der Waals surface area contributed by atoms with E-state index in [-0.39, 0.29) is 54.5 Å². The highest BCUT2D eigenvalue weighted by atomic mass is 127. The maximum absolute atomic E-state index is 12.4. The summed E-state index contributed by atoms with van der Waals surface area (Å²) in [5, 5.41) is 6.67. The molecule has 8 heteroatoms. The number of nitrogens with one attached hydrogen (secondary N) is 2. The molecule has 2 N–H and O–H groups in total. The highest BCUT2D eigenvalue weighted by Gasteiger charge is 2.41. The number of halogens is 1. The number of guanidine groups is 1. The molecule has 3 aliphatic heterocycles. The van der Waals surface area contributed by atoms with Crippen LogP contribution in [0.4, 0.5) is 0 Å². The lowest BCUT2D eigenvalue weighted by molar-refractivity contribution is 0.0659. The van der Waals surface area contributed by atoms with E-state index in [1.165, 1.54) is 4.90 Å². The second-order valence-electron chi connectivity index (χ2n) is 6.93. The summed E-state index contributed by atoms with van der Waals surface area (Å²) in [6.07, 6.45) is 3.89. The Kier molecular flexibility index (Phi) is 6.36. The molecule has 0 radical (unpaired) electrons. The van der Waals surface area contributed by atoms with Crippen molar-refractivity contribution in [1.82, 2.24) is 15.5 Å². The second kappa shape index (κ2) is 8.55. The highest BCUT2D eigenvalue weighted by Crippen LogP contribution is 2.34. The molecule has 2 fully saturated rings. The minimum Gasteiger partial charge on any atom is -0.373 e. The molecule has 3 atom stereocenters. The number of aliphatic imine (C=N–C) groups is 1. The van der Waals surface area contributed by atoms with E-state index < -0.39 is 0 Å². The van der Waals surface area contributed by atoms with Gasteiger partial charge in [-0.25, -0.2) is 0 Å². The Morgan fingerprint density at radius 3 is 2.48 bits per heavy atom. The predicted molar refractivity (Wildman–Crippen MR) is 113 cm³/mol. The first-order chi connectivity index (χ1) is 12.7. The van der Waals surface area contributed by atoms with Crippen molar-refractivity contribution in [3.05, 3.63) is 35.4 Å². The third-order valence-corrected chi connectivity index (χ3v) is 5.24. The Morgan fingerprint density at radius 1 is 1.22 bits per heavy atom. The van der Waals surface area contributed by atoms with Crippen molar-refractivity contribution in [3.63, 3.8) is 0 Å². The van der Waals surface area contributed by atoms with Gasteiger partial charge in [0.1, 0.15) is 0 Å². The van der Waals surface area contributed by atoms with E-state index in [4.69, 9.17) is 4.74 Å². The van der Waals surface area contributed by atoms with Crippen LogP contribution in [0.25, 0.3) is 0 Å². The number of carbonyl (C=O) groups is 2. The summed E-state index contributed by atoms with van der Waals surface area (Å²) in [4.78, 5) is 30.6. The smallest absolute Gasteiger partial charge is 0.261 e. The summed E-state index contributed by atoms with van der Waals surface area (Å²) in [7, 11) is 0. The Bertz CT molecular complexity index is 719. The molecule has 2 saturated heterocycles. The van der Waals surface area contributed by atoms with E-state index >= 15 is 0 Å². The Hall–Kier alpha value is -1.68. The summed E-state index contributed by atoms with van der Waals surface area (Å²) in [6, 6.07) is 7.22. The molecule has 27 heavy (non-hydrogen) atoms. The molecular weight excluding hydrogens is 459 g/mol. The zero-order valence-electron chi connectivity index (χ0n) is 15.3. The van der Waals surface area contributed by atoms with Gasteiger partial charge < -0.3 is 15.4 Å². The molecule has 146 valence electrons. The Morgan fingerprint density at radius 2 is 1.93 bits per heavy atom. The van der Waals surface area contributed by atoms with E-state index in [1.807, 2.05) is 6.92 Å². The van der Waals surface area contributed by atoms with Crippen molar-refractivity contribution in [3.8, 4) is 0 Å². The molecular formula is C19H25IN4O3. The molecule has 0 saturated carbocycles. The van der Waals surface area contributed by atoms with Gasteiger partial charge in [-0.15, -0.1) is 24.0 Å². The van der Waals surface area contributed by atoms with Crippen molar-refractivity contribution in [2.24, 2.45) is 4.99 Å². The summed E-state index contributed by atoms with van der Waals surface area (Å²) in [6.45, 7) is 3.40. The van der Waals surface area contributed by atoms with Crippen molar-refractivity contribution < 1.29 is 14.3 Å². The van der Waals surface area contributed by atoms with E-state index in [1.54, 1.807) is 24.3 Å². The van der Waals surface area contributed by atoms with Gasteiger partial charge in [0.25, 0.3) is 11.8 Å². The maximum Gasteiger partial charge on any atom is 0.261 e. The number of amides is 2. The van der Waals surface area contributed by atoms with Crippen LogP contribution in [0.5, 0.6) is 0 Å². The number of nitrogens with zero attached hydrogens (tertiary/aromatic N) is 2. The zero-order chi connectivity index (χ0) is 18.1. The first-order valence-electron chi connectivity index (χ1n) is 9.33. The molecule has 0 aliphatic carbocycles. The van der Waals surface area contributed by atoms with Gasteiger partial charge in [-0.3, -0.25) is 19.5 Å². The topological polar surface area (TPSA) is 83.0 Å². The number of benzene rings is 1. The number of hydrogen-bond donors (Lipinski definition) is 2. The third kappa shape index (κ3) is 3.96. The van der Waals surface area contributed by atoms with Crippen LogP contribution in [0, 0.1) is 0 Å². The molecule has 1 aromatic rings. The Balaban J connectivity index is 0.00000210. The van der Waals surface area contributed by atoms with E-state index in [0.717, 1.165) is 25.8 Å². The lowest BCUT2D eigenvalue weighted by Gasteiger charge is -2.22. The number of carbonyl (C=O) groups excluding carboxylic acids is 2. The molecule has 3 aliphatic rings. The standard InChI is InChI=1S/C19H24N4O3.HI/c1-2-20-19(22-15-11-12-7-8-16(15)26-12)21-9-10-23-17(24)13-5-3-4-6-14(13)18(23)25;/h3-6,12,15-16H,2,7-11H2,1H3,(H2,20,21,22);1H. The lowest BCUT2D eigenvalue weighted by atomic mass is 9.96. The largest absolute Gasteiger partial charge is 0.373 e. The van der Waals surface area contributed by atoms with Gasteiger partial charge in [-0.2, -0.15) is 0 Å². The van der Waals surface area contributed by atoms with Gasteiger partial charge in [0.15, 0.2) is 5.96 Å². The normalized spacial score (nSPS) is 26.2. The molecule has 2 amide bonds. The first-order valence-corrected chi connectivity index (χ1v) is 9.33. The van der Waals surface area contributed by atoms with Gasteiger partial charge >= 0.3 is 0 Å². The summed E-state index contributed by atoms with van der Waals surface area (Å²) in [5.74, 6) is 0.241. The van der Waals surface area contributed by atoms with Crippen LogP contribution in [0.15, 0.2) is 29.3 Å². The van der Waals surface area contributed by atoms with Gasteiger partial charge in [0.05, 0.1) is 35.9 Å². The fourth-order valence-corrected chi connectivity index (χ4v) is 3.99. The average Bonchev–Trinajstić information content (AvgIpc) is 3.32. The fraction of sp³-hybridized carbons (Fsp3) is 0.526. The van der Waals surface area contributed by atoms with Crippen molar-refractivity contribution in [1.29, 1.82) is 0 Å². The van der Waals surface area contributed by atoms with Crippen LogP contribution < -0.4 is 10.6 Å². The molecule has 2 bridgehead atoms. The van der Waals surface area contributed by atoms with Crippen LogP contribution in [0.3, 0.4) is 0 Å². The van der Waals surface area contributed by atoms with Crippen LogP contribution in [-0.4, -0.2) is 60.6 Å². The lowest BCUT2D eigenvalue weighted by Crippen LogP contribution is -2.47. The minimum absolute atomic E-state index is 0. The van der Waals surface area contributed by atoms with Gasteiger partial charge in [-0.1, -0.05) is 12.1 Å². The number of ether oxygens (including phenoxy) is 1.